The van der Waals surface area contributed by atoms with Gasteiger partial charge in [-0.05, 0) is 22.0 Å². The largest absolute Gasteiger partial charge is 0.486 e. The minimum absolute atomic E-state index is 0.618. The van der Waals surface area contributed by atoms with Gasteiger partial charge in [0.1, 0.15) is 0 Å². The van der Waals surface area contributed by atoms with Gasteiger partial charge in [0.15, 0.2) is 5.06 Å². The Hall–Kier alpha value is -0.0300. The predicted molar refractivity (Wildman–Crippen MR) is 65.3 cm³/mol. The van der Waals surface area contributed by atoms with Crippen molar-refractivity contribution in [3.05, 3.63) is 27.0 Å². The first-order chi connectivity index (χ1) is 6.63. The van der Waals surface area contributed by atoms with Crippen LogP contribution in [-0.2, 0) is 6.54 Å². The van der Waals surface area contributed by atoms with Gasteiger partial charge >= 0.3 is 0 Å². The first-order valence-electron chi connectivity index (χ1n) is 3.99. The summed E-state index contributed by atoms with van der Waals surface area (Å²) in [7, 11) is 1.66. The number of thiophene rings is 1. The van der Waals surface area contributed by atoms with Crippen LogP contribution >= 0.6 is 38.9 Å². The lowest BCUT2D eigenvalue weighted by Gasteiger charge is -1.99. The molecule has 0 saturated heterocycles. The van der Waals surface area contributed by atoms with E-state index in [1.807, 2.05) is 6.07 Å². The van der Waals surface area contributed by atoms with Crippen LogP contribution in [0.1, 0.15) is 4.88 Å². The first kappa shape index (κ1) is 12.0. The van der Waals surface area contributed by atoms with Gasteiger partial charge in [0, 0.05) is 23.0 Å². The zero-order chi connectivity index (χ0) is 10.6. The lowest BCUT2D eigenvalue weighted by atomic mass is 10.4. The molecule has 0 aliphatic rings. The maximum atomic E-state index is 5.62. The Morgan fingerprint density at radius 3 is 3.00 bits per heavy atom. The summed E-state index contributed by atoms with van der Waals surface area (Å²) in [5, 5.41) is 4.68. The number of methoxy groups -OCH3 is 1. The number of nitrogens with one attached hydrogen (secondary N) is 1. The van der Waals surface area contributed by atoms with E-state index >= 15 is 0 Å². The van der Waals surface area contributed by atoms with Crippen LogP contribution in [0, 0.1) is 0 Å². The van der Waals surface area contributed by atoms with Crippen molar-refractivity contribution in [3.63, 3.8) is 0 Å². The van der Waals surface area contributed by atoms with Crippen LogP contribution < -0.4 is 10.1 Å². The molecule has 0 radical (unpaired) electrons. The lowest BCUT2D eigenvalue weighted by Crippen LogP contribution is -2.13. The third kappa shape index (κ3) is 3.61. The summed E-state index contributed by atoms with van der Waals surface area (Å²) in [5.41, 5.74) is 0. The van der Waals surface area contributed by atoms with Crippen LogP contribution in [0.15, 0.2) is 22.2 Å². The van der Waals surface area contributed by atoms with Gasteiger partial charge < -0.3 is 10.1 Å². The quantitative estimate of drug-likeness (QED) is 0.899. The Morgan fingerprint density at radius 1 is 1.79 bits per heavy atom. The molecule has 0 saturated carbocycles. The Kier molecular flexibility index (Phi) is 4.95. The lowest BCUT2D eigenvalue weighted by molar-refractivity contribution is 0.425. The van der Waals surface area contributed by atoms with Crippen LogP contribution in [0.4, 0.5) is 0 Å². The van der Waals surface area contributed by atoms with Crippen molar-refractivity contribution in [1.29, 1.82) is 0 Å². The Bertz CT molecular complexity index is 327. The van der Waals surface area contributed by atoms with Crippen LogP contribution in [0.5, 0.6) is 5.06 Å². The molecule has 0 aliphatic carbocycles. The monoisotopic (exact) mass is 295 g/mol. The Labute approximate surface area is 101 Å². The summed E-state index contributed by atoms with van der Waals surface area (Å²) in [5.74, 6) is 0. The standard InChI is InChI=1S/C9H11BrClNOS/c1-6(11)4-12-5-7-3-8(10)9(13-2)14-7/h3,12H,1,4-5H2,2H3. The number of rotatable bonds is 5. The molecule has 1 aromatic heterocycles. The molecule has 0 bridgehead atoms. The average Bonchev–Trinajstić information content (AvgIpc) is 2.45. The highest BCUT2D eigenvalue weighted by atomic mass is 79.9. The topological polar surface area (TPSA) is 21.3 Å². The molecule has 0 fully saturated rings. The van der Waals surface area contributed by atoms with E-state index < -0.39 is 0 Å². The summed E-state index contributed by atoms with van der Waals surface area (Å²) in [6.07, 6.45) is 0. The second-order valence-corrected chi connectivity index (χ2v) is 5.16. The van der Waals surface area contributed by atoms with Crippen molar-refractivity contribution < 1.29 is 4.74 Å². The van der Waals surface area contributed by atoms with Gasteiger partial charge in [-0.1, -0.05) is 18.2 Å². The summed E-state index contributed by atoms with van der Waals surface area (Å²) in [6.45, 7) is 5.00. The molecule has 0 aliphatic heterocycles. The number of ether oxygens (including phenoxy) is 1. The fourth-order valence-electron chi connectivity index (χ4n) is 0.945. The Morgan fingerprint density at radius 2 is 2.50 bits per heavy atom. The molecule has 78 valence electrons. The summed E-state index contributed by atoms with van der Waals surface area (Å²) >= 11 is 10.6. The summed E-state index contributed by atoms with van der Waals surface area (Å²) < 4.78 is 6.15. The van der Waals surface area contributed by atoms with E-state index in [1.165, 1.54) is 4.88 Å². The van der Waals surface area contributed by atoms with Crippen LogP contribution in [0.25, 0.3) is 0 Å². The van der Waals surface area contributed by atoms with Crippen molar-refractivity contribution in [1.82, 2.24) is 5.32 Å². The van der Waals surface area contributed by atoms with Crippen molar-refractivity contribution in [2.24, 2.45) is 0 Å². The van der Waals surface area contributed by atoms with E-state index in [0.29, 0.717) is 11.6 Å². The molecule has 1 N–H and O–H groups in total. The molecule has 14 heavy (non-hydrogen) atoms. The van der Waals surface area contributed by atoms with Crippen LogP contribution in [0.3, 0.4) is 0 Å². The molecule has 1 rings (SSSR count). The smallest absolute Gasteiger partial charge is 0.188 e. The molecule has 1 heterocycles. The molecule has 1 aromatic rings. The van der Waals surface area contributed by atoms with Gasteiger partial charge in [-0.15, -0.1) is 11.3 Å². The van der Waals surface area contributed by atoms with E-state index in [2.05, 4.69) is 27.8 Å². The molecule has 0 unspecified atom stereocenters. The second-order valence-electron chi connectivity index (χ2n) is 2.67. The summed E-state index contributed by atoms with van der Waals surface area (Å²) in [6, 6.07) is 2.04. The molecule has 0 aromatic carbocycles. The van der Waals surface area contributed by atoms with Gasteiger partial charge in [-0.25, -0.2) is 0 Å². The van der Waals surface area contributed by atoms with Gasteiger partial charge in [-0.2, -0.15) is 0 Å². The highest BCUT2D eigenvalue weighted by Gasteiger charge is 2.06. The fourth-order valence-corrected chi connectivity index (χ4v) is 2.70. The summed E-state index contributed by atoms with van der Waals surface area (Å²) in [4.78, 5) is 1.20. The fraction of sp³-hybridized carbons (Fsp3) is 0.333. The average molecular weight is 297 g/mol. The van der Waals surface area contributed by atoms with Gasteiger partial charge in [0.05, 0.1) is 11.6 Å². The van der Waals surface area contributed by atoms with E-state index in [4.69, 9.17) is 16.3 Å². The van der Waals surface area contributed by atoms with Gasteiger partial charge in [0.2, 0.25) is 0 Å². The normalized spacial score (nSPS) is 10.2. The molecule has 0 amide bonds. The molecular formula is C9H11BrClNOS. The van der Waals surface area contributed by atoms with Crippen molar-refractivity contribution in [2.75, 3.05) is 13.7 Å². The van der Waals surface area contributed by atoms with Gasteiger partial charge in [-0.3, -0.25) is 0 Å². The van der Waals surface area contributed by atoms with Gasteiger partial charge in [0.25, 0.3) is 0 Å². The van der Waals surface area contributed by atoms with Crippen molar-refractivity contribution in [2.45, 2.75) is 6.54 Å². The van der Waals surface area contributed by atoms with E-state index in [0.717, 1.165) is 16.1 Å². The zero-order valence-electron chi connectivity index (χ0n) is 7.77. The minimum Gasteiger partial charge on any atom is -0.486 e. The highest BCUT2D eigenvalue weighted by molar-refractivity contribution is 9.10. The molecular weight excluding hydrogens is 286 g/mol. The number of hydrogen-bond donors (Lipinski definition) is 1. The van der Waals surface area contributed by atoms with E-state index in [9.17, 15) is 0 Å². The predicted octanol–water partition coefficient (Wildman–Crippen LogP) is 3.36. The van der Waals surface area contributed by atoms with E-state index in [1.54, 1.807) is 18.4 Å². The van der Waals surface area contributed by atoms with Crippen molar-refractivity contribution in [3.8, 4) is 5.06 Å². The second kappa shape index (κ2) is 5.75. The third-order valence-electron chi connectivity index (χ3n) is 1.51. The Balaban J connectivity index is 2.47. The number of halogens is 2. The molecule has 0 atom stereocenters. The molecule has 0 spiro atoms. The van der Waals surface area contributed by atoms with E-state index in [-0.39, 0.29) is 0 Å². The SMILES string of the molecule is C=C(Cl)CNCc1cc(Br)c(OC)s1. The first-order valence-corrected chi connectivity index (χ1v) is 5.98. The maximum Gasteiger partial charge on any atom is 0.188 e. The third-order valence-corrected chi connectivity index (χ3v) is 3.59. The molecule has 5 heteroatoms. The van der Waals surface area contributed by atoms with Crippen LogP contribution in [-0.4, -0.2) is 13.7 Å². The number of hydrogen-bond acceptors (Lipinski definition) is 3. The molecule has 2 nitrogen and oxygen atoms in total. The highest BCUT2D eigenvalue weighted by Crippen LogP contribution is 2.34. The maximum absolute atomic E-state index is 5.62. The van der Waals surface area contributed by atoms with Crippen molar-refractivity contribution >= 4 is 38.9 Å². The van der Waals surface area contributed by atoms with Crippen LogP contribution in [0.2, 0.25) is 0 Å². The minimum atomic E-state index is 0.618. The zero-order valence-corrected chi connectivity index (χ0v) is 10.9.